The van der Waals surface area contributed by atoms with Crippen molar-refractivity contribution in [2.75, 3.05) is 0 Å². The molecule has 0 amide bonds. The Hall–Kier alpha value is -2.76. The molecule has 9 heteroatoms. The zero-order valence-electron chi connectivity index (χ0n) is 11.7. The van der Waals surface area contributed by atoms with E-state index in [1.807, 2.05) is 0 Å². The van der Waals surface area contributed by atoms with Crippen LogP contribution in [0.15, 0.2) is 36.4 Å². The van der Waals surface area contributed by atoms with Crippen LogP contribution in [0.2, 0.25) is 0 Å². The summed E-state index contributed by atoms with van der Waals surface area (Å²) in [5.74, 6) is -0.698. The number of benzene rings is 1. The predicted molar refractivity (Wildman–Crippen MR) is 70.7 cm³/mol. The van der Waals surface area contributed by atoms with Crippen LogP contribution in [0.1, 0.15) is 11.3 Å². The van der Waals surface area contributed by atoms with Gasteiger partial charge in [-0.15, -0.1) is 13.2 Å². The van der Waals surface area contributed by atoms with E-state index < -0.39 is 24.0 Å². The number of nitrogens with zero attached hydrogens (tertiary/aromatic N) is 2. The highest BCUT2D eigenvalue weighted by atomic mass is 19.4. The Labute approximate surface area is 132 Å². The minimum absolute atomic E-state index is 0.0590. The highest BCUT2D eigenvalue weighted by molar-refractivity contribution is 5.70. The number of aromatic nitrogens is 1. The van der Waals surface area contributed by atoms with Crippen LogP contribution >= 0.6 is 0 Å². The van der Waals surface area contributed by atoms with Gasteiger partial charge in [0, 0.05) is 5.56 Å². The van der Waals surface area contributed by atoms with Gasteiger partial charge in [-0.25, -0.2) is 4.98 Å². The number of alkyl halides is 6. The van der Waals surface area contributed by atoms with Gasteiger partial charge in [-0.1, -0.05) is 18.2 Å². The van der Waals surface area contributed by atoms with Crippen LogP contribution in [0.4, 0.5) is 26.3 Å². The largest absolute Gasteiger partial charge is 0.573 e. The maximum Gasteiger partial charge on any atom is 0.573 e. The lowest BCUT2D eigenvalue weighted by Crippen LogP contribution is -2.18. The Morgan fingerprint density at radius 1 is 1.00 bits per heavy atom. The average molecular weight is 346 g/mol. The monoisotopic (exact) mass is 346 g/mol. The third kappa shape index (κ3) is 4.16. The first-order valence-corrected chi connectivity index (χ1v) is 6.41. The maximum absolute atomic E-state index is 12.8. The molecule has 3 nitrogen and oxygen atoms in total. The Bertz CT molecular complexity index is 777. The van der Waals surface area contributed by atoms with Crippen LogP contribution in [0.25, 0.3) is 11.3 Å². The van der Waals surface area contributed by atoms with Gasteiger partial charge >= 0.3 is 12.5 Å². The number of nitriles is 1. The average Bonchev–Trinajstić information content (AvgIpc) is 2.46. The lowest BCUT2D eigenvalue weighted by Gasteiger charge is -2.16. The van der Waals surface area contributed by atoms with E-state index in [4.69, 9.17) is 5.26 Å². The molecule has 1 aromatic carbocycles. The molecule has 1 aromatic heterocycles. The fraction of sp³-hybridized carbons (Fsp3) is 0.200. The highest BCUT2D eigenvalue weighted by Crippen LogP contribution is 2.37. The Balaban J connectivity index is 2.64. The lowest BCUT2D eigenvalue weighted by molar-refractivity contribution is -0.274. The molecule has 0 aliphatic carbocycles. The molecule has 0 saturated heterocycles. The van der Waals surface area contributed by atoms with Crippen LogP contribution in [-0.4, -0.2) is 11.3 Å². The van der Waals surface area contributed by atoms with Gasteiger partial charge in [0.25, 0.3) is 0 Å². The summed E-state index contributed by atoms with van der Waals surface area (Å²) in [6, 6.07) is 8.09. The third-order valence-corrected chi connectivity index (χ3v) is 2.91. The van der Waals surface area contributed by atoms with Crippen LogP contribution in [0, 0.1) is 11.3 Å². The second kappa shape index (κ2) is 6.39. The van der Waals surface area contributed by atoms with E-state index in [-0.39, 0.29) is 23.2 Å². The fourth-order valence-electron chi connectivity index (χ4n) is 1.98. The summed E-state index contributed by atoms with van der Waals surface area (Å²) in [5.41, 5.74) is -1.89. The Morgan fingerprint density at radius 2 is 1.67 bits per heavy atom. The lowest BCUT2D eigenvalue weighted by atomic mass is 10.0. The smallest absolute Gasteiger partial charge is 0.405 e. The molecular formula is C15H8F6N2O. The van der Waals surface area contributed by atoms with Crippen LogP contribution in [0.3, 0.4) is 0 Å². The van der Waals surface area contributed by atoms with Crippen molar-refractivity contribution in [3.05, 3.63) is 47.7 Å². The molecule has 0 aliphatic heterocycles. The summed E-state index contributed by atoms with van der Waals surface area (Å²) in [5, 5.41) is 8.76. The molecule has 0 spiro atoms. The molecule has 2 aromatic rings. The summed E-state index contributed by atoms with van der Waals surface area (Å²) in [4.78, 5) is 3.40. The molecular weight excluding hydrogens is 338 g/mol. The molecule has 2 rings (SSSR count). The fourth-order valence-corrected chi connectivity index (χ4v) is 1.98. The van der Waals surface area contributed by atoms with E-state index >= 15 is 0 Å². The molecule has 0 atom stereocenters. The summed E-state index contributed by atoms with van der Waals surface area (Å²) >= 11 is 0. The quantitative estimate of drug-likeness (QED) is 0.755. The second-order valence-corrected chi connectivity index (χ2v) is 4.58. The number of hydrogen-bond donors (Lipinski definition) is 0. The van der Waals surface area contributed by atoms with Crippen molar-refractivity contribution in [1.29, 1.82) is 5.26 Å². The maximum atomic E-state index is 12.8. The zero-order valence-corrected chi connectivity index (χ0v) is 11.7. The van der Waals surface area contributed by atoms with Gasteiger partial charge in [-0.3, -0.25) is 0 Å². The number of ether oxygens (including phenoxy) is 1. The van der Waals surface area contributed by atoms with Crippen LogP contribution in [-0.2, 0) is 12.6 Å². The summed E-state index contributed by atoms with van der Waals surface area (Å²) < 4.78 is 79.8. The van der Waals surface area contributed by atoms with E-state index in [1.165, 1.54) is 12.1 Å². The predicted octanol–water partition coefficient (Wildman–Crippen LogP) is 4.73. The molecule has 0 saturated carbocycles. The summed E-state index contributed by atoms with van der Waals surface area (Å²) in [6.45, 7) is 0. The van der Waals surface area contributed by atoms with Crippen LogP contribution in [0.5, 0.6) is 5.75 Å². The van der Waals surface area contributed by atoms with E-state index in [0.717, 1.165) is 18.2 Å². The Kier molecular flexibility index (Phi) is 4.68. The van der Waals surface area contributed by atoms with Crippen molar-refractivity contribution in [3.8, 4) is 23.1 Å². The van der Waals surface area contributed by atoms with E-state index in [0.29, 0.717) is 6.07 Å². The van der Waals surface area contributed by atoms with Crippen LogP contribution < -0.4 is 4.74 Å². The molecule has 0 N–H and O–H groups in total. The van der Waals surface area contributed by atoms with Crippen molar-refractivity contribution in [2.45, 2.75) is 19.0 Å². The molecule has 0 bridgehead atoms. The van der Waals surface area contributed by atoms with Gasteiger partial charge in [0.15, 0.2) is 0 Å². The van der Waals surface area contributed by atoms with E-state index in [9.17, 15) is 26.3 Å². The Morgan fingerprint density at radius 3 is 2.25 bits per heavy atom. The van der Waals surface area contributed by atoms with Crippen molar-refractivity contribution < 1.29 is 31.1 Å². The number of rotatable bonds is 3. The van der Waals surface area contributed by atoms with Crippen molar-refractivity contribution in [2.24, 2.45) is 0 Å². The van der Waals surface area contributed by atoms with Gasteiger partial charge in [0.1, 0.15) is 11.4 Å². The normalized spacial score (nSPS) is 11.9. The van der Waals surface area contributed by atoms with Gasteiger partial charge < -0.3 is 4.74 Å². The van der Waals surface area contributed by atoms with Crippen molar-refractivity contribution >= 4 is 0 Å². The minimum atomic E-state index is -5.02. The molecule has 0 fully saturated rings. The molecule has 1 heterocycles. The number of halogens is 6. The second-order valence-electron chi connectivity index (χ2n) is 4.58. The van der Waals surface area contributed by atoms with Gasteiger partial charge in [0.2, 0.25) is 0 Å². The highest BCUT2D eigenvalue weighted by Gasteiger charge is 2.35. The summed E-state index contributed by atoms with van der Waals surface area (Å²) in [6.07, 6.45) is -10.1. The van der Waals surface area contributed by atoms with E-state index in [2.05, 4.69) is 9.72 Å². The molecule has 24 heavy (non-hydrogen) atoms. The SMILES string of the molecule is N#CCc1ccc(C(F)(F)F)nc1-c1ccccc1OC(F)(F)F. The van der Waals surface area contributed by atoms with E-state index in [1.54, 1.807) is 6.07 Å². The van der Waals surface area contributed by atoms with Crippen molar-refractivity contribution in [1.82, 2.24) is 4.98 Å². The first-order chi connectivity index (χ1) is 11.1. The molecule has 126 valence electrons. The molecule has 0 radical (unpaired) electrons. The van der Waals surface area contributed by atoms with Gasteiger partial charge in [0.05, 0.1) is 18.2 Å². The first kappa shape index (κ1) is 17.6. The number of pyridine rings is 1. The standard InChI is InChI=1S/C15H8F6N2O/c16-14(17,18)12-6-5-9(7-8-22)13(23-12)10-3-1-2-4-11(10)24-15(19,20)21/h1-6H,7H2. The minimum Gasteiger partial charge on any atom is -0.405 e. The number of para-hydroxylation sites is 1. The van der Waals surface area contributed by atoms with Gasteiger partial charge in [-0.2, -0.15) is 18.4 Å². The number of hydrogen-bond acceptors (Lipinski definition) is 3. The summed E-state index contributed by atoms with van der Waals surface area (Å²) in [7, 11) is 0. The third-order valence-electron chi connectivity index (χ3n) is 2.91. The van der Waals surface area contributed by atoms with Gasteiger partial charge in [-0.05, 0) is 23.8 Å². The molecule has 0 aliphatic rings. The zero-order chi connectivity index (χ0) is 18.0. The topological polar surface area (TPSA) is 45.9 Å². The first-order valence-electron chi connectivity index (χ1n) is 6.41. The molecule has 0 unspecified atom stereocenters. The van der Waals surface area contributed by atoms with Crippen molar-refractivity contribution in [3.63, 3.8) is 0 Å².